The van der Waals surface area contributed by atoms with E-state index in [0.29, 0.717) is 29.7 Å². The van der Waals surface area contributed by atoms with Crippen LogP contribution in [0.15, 0.2) is 22.7 Å². The van der Waals surface area contributed by atoms with Gasteiger partial charge in [-0.3, -0.25) is 0 Å². The zero-order valence-corrected chi connectivity index (χ0v) is 11.3. The number of ether oxygens (including phenoxy) is 1. The molecule has 6 nitrogen and oxygen atoms in total. The van der Waals surface area contributed by atoms with Crippen LogP contribution in [0.5, 0.6) is 5.75 Å². The quantitative estimate of drug-likeness (QED) is 0.804. The van der Waals surface area contributed by atoms with Crippen molar-refractivity contribution in [3.63, 3.8) is 0 Å². The molecule has 0 unspecified atom stereocenters. The molecule has 19 heavy (non-hydrogen) atoms. The van der Waals surface area contributed by atoms with Gasteiger partial charge in [0.2, 0.25) is 5.89 Å². The molecular formula is C13H18N4O2. The lowest BCUT2D eigenvalue weighted by Gasteiger charge is -2.15. The second-order valence-electron chi connectivity index (χ2n) is 4.47. The minimum Gasteiger partial charge on any atom is -0.489 e. The van der Waals surface area contributed by atoms with E-state index in [9.17, 15) is 0 Å². The Morgan fingerprint density at radius 1 is 1.42 bits per heavy atom. The smallest absolute Gasteiger partial charge is 0.245 e. The van der Waals surface area contributed by atoms with Crippen LogP contribution in [0.3, 0.4) is 0 Å². The number of hydrogen-bond donors (Lipinski definition) is 2. The molecule has 1 aromatic carbocycles. The molecule has 0 aliphatic rings. The second-order valence-corrected chi connectivity index (χ2v) is 4.47. The first-order chi connectivity index (χ1) is 9.06. The van der Waals surface area contributed by atoms with Crippen molar-refractivity contribution in [1.29, 1.82) is 0 Å². The van der Waals surface area contributed by atoms with Crippen molar-refractivity contribution in [2.24, 2.45) is 0 Å². The van der Waals surface area contributed by atoms with Crippen LogP contribution in [0.25, 0.3) is 0 Å². The zero-order chi connectivity index (χ0) is 13.8. The maximum absolute atomic E-state index is 6.05. The van der Waals surface area contributed by atoms with Gasteiger partial charge in [0, 0.05) is 0 Å². The van der Waals surface area contributed by atoms with Crippen molar-refractivity contribution in [1.82, 2.24) is 10.1 Å². The Labute approximate surface area is 112 Å². The van der Waals surface area contributed by atoms with Gasteiger partial charge in [-0.2, -0.15) is 4.98 Å². The molecule has 3 N–H and O–H groups in total. The highest BCUT2D eigenvalue weighted by molar-refractivity contribution is 5.72. The topological polar surface area (TPSA) is 86.2 Å². The van der Waals surface area contributed by atoms with Crippen molar-refractivity contribution >= 4 is 11.4 Å². The normalized spacial score (nSPS) is 10.7. The summed E-state index contributed by atoms with van der Waals surface area (Å²) in [6, 6.07) is 5.61. The number of benzene rings is 1. The van der Waals surface area contributed by atoms with Crippen LogP contribution in [-0.2, 0) is 6.54 Å². The monoisotopic (exact) mass is 262 g/mol. The zero-order valence-electron chi connectivity index (χ0n) is 11.3. The molecule has 0 saturated carbocycles. The van der Waals surface area contributed by atoms with Crippen molar-refractivity contribution in [2.45, 2.75) is 33.4 Å². The van der Waals surface area contributed by atoms with Gasteiger partial charge >= 0.3 is 0 Å². The van der Waals surface area contributed by atoms with Crippen LogP contribution in [0.2, 0.25) is 0 Å². The molecule has 1 heterocycles. The molecule has 2 aromatic rings. The molecule has 0 aliphatic heterocycles. The summed E-state index contributed by atoms with van der Waals surface area (Å²) in [6.07, 6.45) is 0.0798. The molecule has 0 atom stereocenters. The Balaban J connectivity index is 2.08. The summed E-state index contributed by atoms with van der Waals surface area (Å²) < 4.78 is 10.7. The lowest BCUT2D eigenvalue weighted by atomic mass is 10.2. The maximum Gasteiger partial charge on any atom is 0.245 e. The van der Waals surface area contributed by atoms with E-state index in [-0.39, 0.29) is 6.10 Å². The molecule has 0 saturated heterocycles. The largest absolute Gasteiger partial charge is 0.489 e. The van der Waals surface area contributed by atoms with Crippen LogP contribution < -0.4 is 15.8 Å². The van der Waals surface area contributed by atoms with E-state index in [2.05, 4.69) is 15.5 Å². The number of para-hydroxylation sites is 1. The molecule has 2 rings (SSSR count). The maximum atomic E-state index is 6.05. The summed E-state index contributed by atoms with van der Waals surface area (Å²) in [5, 5.41) is 6.88. The third-order valence-electron chi connectivity index (χ3n) is 2.43. The van der Waals surface area contributed by atoms with Gasteiger partial charge in [0.05, 0.1) is 24.0 Å². The van der Waals surface area contributed by atoms with E-state index in [1.54, 1.807) is 6.92 Å². The first kappa shape index (κ1) is 13.2. The van der Waals surface area contributed by atoms with Crippen LogP contribution in [0.1, 0.15) is 25.6 Å². The van der Waals surface area contributed by atoms with E-state index in [1.807, 2.05) is 32.0 Å². The number of aromatic nitrogens is 2. The minimum atomic E-state index is 0.0798. The summed E-state index contributed by atoms with van der Waals surface area (Å²) in [4.78, 5) is 4.11. The molecule has 1 aromatic heterocycles. The summed E-state index contributed by atoms with van der Waals surface area (Å²) in [5.74, 6) is 1.80. The molecule has 0 aliphatic carbocycles. The highest BCUT2D eigenvalue weighted by Gasteiger charge is 2.09. The molecule has 0 radical (unpaired) electrons. The molecule has 102 valence electrons. The van der Waals surface area contributed by atoms with Gasteiger partial charge in [0.25, 0.3) is 0 Å². The summed E-state index contributed by atoms with van der Waals surface area (Å²) in [5.41, 5.74) is 7.41. The Morgan fingerprint density at radius 2 is 2.21 bits per heavy atom. The Hall–Kier alpha value is -2.24. The van der Waals surface area contributed by atoms with Crippen LogP contribution in [-0.4, -0.2) is 16.2 Å². The van der Waals surface area contributed by atoms with Crippen LogP contribution in [0, 0.1) is 6.92 Å². The van der Waals surface area contributed by atoms with E-state index in [4.69, 9.17) is 15.0 Å². The number of hydrogen-bond acceptors (Lipinski definition) is 6. The number of nitrogens with zero attached hydrogens (tertiary/aromatic N) is 2. The molecule has 0 bridgehead atoms. The summed E-state index contributed by atoms with van der Waals surface area (Å²) in [6.45, 7) is 6.12. The Kier molecular flexibility index (Phi) is 3.89. The molecular weight excluding hydrogens is 244 g/mol. The van der Waals surface area contributed by atoms with Gasteiger partial charge in [-0.05, 0) is 32.9 Å². The van der Waals surface area contributed by atoms with Gasteiger partial charge in [0.15, 0.2) is 5.82 Å². The highest BCUT2D eigenvalue weighted by Crippen LogP contribution is 2.30. The fourth-order valence-electron chi connectivity index (χ4n) is 1.64. The minimum absolute atomic E-state index is 0.0798. The number of nitrogens with one attached hydrogen (secondary N) is 1. The van der Waals surface area contributed by atoms with E-state index >= 15 is 0 Å². The third-order valence-corrected chi connectivity index (χ3v) is 2.43. The number of nitrogens with two attached hydrogens (primary N) is 1. The lowest BCUT2D eigenvalue weighted by Crippen LogP contribution is -2.09. The van der Waals surface area contributed by atoms with Crippen molar-refractivity contribution < 1.29 is 9.26 Å². The number of nitrogen functional groups attached to an aromatic ring is 1. The predicted molar refractivity (Wildman–Crippen MR) is 73.0 cm³/mol. The van der Waals surface area contributed by atoms with Crippen molar-refractivity contribution in [2.75, 3.05) is 11.1 Å². The van der Waals surface area contributed by atoms with E-state index < -0.39 is 0 Å². The van der Waals surface area contributed by atoms with Crippen LogP contribution >= 0.6 is 0 Å². The average Bonchev–Trinajstić information content (AvgIpc) is 2.76. The third kappa shape index (κ3) is 3.37. The summed E-state index contributed by atoms with van der Waals surface area (Å²) in [7, 11) is 0. The predicted octanol–water partition coefficient (Wildman–Crippen LogP) is 2.36. The molecule has 6 heteroatoms. The molecule has 0 amide bonds. The molecule has 0 fully saturated rings. The number of anilines is 2. The van der Waals surface area contributed by atoms with Crippen LogP contribution in [0.4, 0.5) is 11.4 Å². The Morgan fingerprint density at radius 3 is 2.84 bits per heavy atom. The fourth-order valence-corrected chi connectivity index (χ4v) is 1.64. The Bertz CT molecular complexity index is 551. The van der Waals surface area contributed by atoms with Gasteiger partial charge in [0.1, 0.15) is 5.75 Å². The first-order valence-electron chi connectivity index (χ1n) is 6.14. The number of aryl methyl sites for hydroxylation is 1. The lowest BCUT2D eigenvalue weighted by molar-refractivity contribution is 0.244. The van der Waals surface area contributed by atoms with Gasteiger partial charge < -0.3 is 20.3 Å². The van der Waals surface area contributed by atoms with E-state index in [1.165, 1.54) is 0 Å². The first-order valence-corrected chi connectivity index (χ1v) is 6.14. The molecule has 0 spiro atoms. The average molecular weight is 262 g/mol. The SMILES string of the molecule is Cc1noc(CNc2cccc(OC(C)C)c2N)n1. The highest BCUT2D eigenvalue weighted by atomic mass is 16.5. The summed E-state index contributed by atoms with van der Waals surface area (Å²) >= 11 is 0. The standard InChI is InChI=1S/C13H18N4O2/c1-8(2)18-11-6-4-5-10(13(11)14)15-7-12-16-9(3)17-19-12/h4-6,8,15H,7,14H2,1-3H3. The van der Waals surface area contributed by atoms with Crippen molar-refractivity contribution in [3.8, 4) is 5.75 Å². The van der Waals surface area contributed by atoms with Gasteiger partial charge in [-0.25, -0.2) is 0 Å². The van der Waals surface area contributed by atoms with E-state index in [0.717, 1.165) is 5.69 Å². The fraction of sp³-hybridized carbons (Fsp3) is 0.385. The number of rotatable bonds is 5. The second kappa shape index (κ2) is 5.60. The van der Waals surface area contributed by atoms with Gasteiger partial charge in [-0.1, -0.05) is 11.2 Å². The van der Waals surface area contributed by atoms with Crippen molar-refractivity contribution in [3.05, 3.63) is 29.9 Å². The van der Waals surface area contributed by atoms with Gasteiger partial charge in [-0.15, -0.1) is 0 Å².